The van der Waals surface area contributed by atoms with Crippen molar-refractivity contribution in [3.63, 3.8) is 0 Å². The highest BCUT2D eigenvalue weighted by molar-refractivity contribution is 5.76. The molecule has 1 unspecified atom stereocenters. The smallest absolute Gasteiger partial charge is 0.244 e. The molecule has 0 bridgehead atoms. The first-order chi connectivity index (χ1) is 11.2. The predicted octanol–water partition coefficient (Wildman–Crippen LogP) is 2.59. The normalized spacial score (nSPS) is 20.0. The lowest BCUT2D eigenvalue weighted by atomic mass is 9.89. The maximum absolute atomic E-state index is 12.6. The molecule has 120 valence electrons. The number of hydrogen-bond acceptors (Lipinski definition) is 2. The van der Waals surface area contributed by atoms with Crippen LogP contribution in [0.25, 0.3) is 0 Å². The largest absolute Gasteiger partial charge is 0.336 e. The lowest BCUT2D eigenvalue weighted by Crippen LogP contribution is -2.38. The van der Waals surface area contributed by atoms with E-state index in [1.807, 2.05) is 9.58 Å². The minimum Gasteiger partial charge on any atom is -0.336 e. The van der Waals surface area contributed by atoms with E-state index in [9.17, 15) is 4.79 Å². The fourth-order valence-corrected chi connectivity index (χ4v) is 3.77. The molecule has 4 nitrogen and oxygen atoms in total. The van der Waals surface area contributed by atoms with Gasteiger partial charge >= 0.3 is 0 Å². The minimum atomic E-state index is 0.174. The number of amides is 1. The number of nitrogens with zero attached hydrogens (tertiary/aromatic N) is 3. The van der Waals surface area contributed by atoms with E-state index in [4.69, 9.17) is 0 Å². The second kappa shape index (κ2) is 5.84. The van der Waals surface area contributed by atoms with Gasteiger partial charge in [-0.15, -0.1) is 0 Å². The molecule has 1 amide bonds. The van der Waals surface area contributed by atoms with Gasteiger partial charge in [-0.2, -0.15) is 5.10 Å². The van der Waals surface area contributed by atoms with Crippen LogP contribution >= 0.6 is 0 Å². The first-order valence-electron chi connectivity index (χ1n) is 8.59. The summed E-state index contributed by atoms with van der Waals surface area (Å²) >= 11 is 0. The van der Waals surface area contributed by atoms with Gasteiger partial charge in [-0.3, -0.25) is 9.48 Å². The van der Waals surface area contributed by atoms with E-state index in [2.05, 4.69) is 42.5 Å². The fourth-order valence-electron chi connectivity index (χ4n) is 3.77. The van der Waals surface area contributed by atoms with Crippen molar-refractivity contribution in [2.75, 3.05) is 6.54 Å². The summed E-state index contributed by atoms with van der Waals surface area (Å²) in [6.07, 6.45) is 6.39. The molecule has 23 heavy (non-hydrogen) atoms. The molecule has 1 aliphatic carbocycles. The summed E-state index contributed by atoms with van der Waals surface area (Å²) in [7, 11) is 0. The van der Waals surface area contributed by atoms with Gasteiger partial charge in [-0.25, -0.2) is 0 Å². The first kappa shape index (κ1) is 14.5. The average Bonchev–Trinajstić information content (AvgIpc) is 2.95. The van der Waals surface area contributed by atoms with Gasteiger partial charge in [0.1, 0.15) is 6.54 Å². The standard InChI is InChI=1S/C19H23N3O/c1-14-6-7-18-17(10-14)12-22(20-18)13-19(23)21-9-8-15-4-2-3-5-16(15)11-21/h2-5,12,14H,6-11,13H2,1H3. The van der Waals surface area contributed by atoms with Crippen LogP contribution in [0.15, 0.2) is 30.5 Å². The summed E-state index contributed by atoms with van der Waals surface area (Å²) in [5.74, 6) is 0.904. The summed E-state index contributed by atoms with van der Waals surface area (Å²) in [5, 5.41) is 4.63. The van der Waals surface area contributed by atoms with Crippen LogP contribution in [0.4, 0.5) is 0 Å². The molecule has 0 N–H and O–H groups in total. The van der Waals surface area contributed by atoms with Crippen LogP contribution < -0.4 is 0 Å². The fraction of sp³-hybridized carbons (Fsp3) is 0.474. The summed E-state index contributed by atoms with van der Waals surface area (Å²) in [6.45, 7) is 4.20. The highest BCUT2D eigenvalue weighted by Crippen LogP contribution is 2.24. The van der Waals surface area contributed by atoms with Crippen LogP contribution in [-0.4, -0.2) is 27.1 Å². The molecule has 0 spiro atoms. The van der Waals surface area contributed by atoms with Gasteiger partial charge in [0.15, 0.2) is 0 Å². The summed E-state index contributed by atoms with van der Waals surface area (Å²) in [6, 6.07) is 8.42. The molecule has 0 saturated carbocycles. The van der Waals surface area contributed by atoms with Crippen molar-refractivity contribution in [3.05, 3.63) is 52.8 Å². The van der Waals surface area contributed by atoms with E-state index in [1.165, 1.54) is 28.8 Å². The van der Waals surface area contributed by atoms with Crippen molar-refractivity contribution in [3.8, 4) is 0 Å². The Hall–Kier alpha value is -2.10. The molecule has 0 radical (unpaired) electrons. The van der Waals surface area contributed by atoms with Crippen molar-refractivity contribution in [2.45, 2.75) is 45.7 Å². The van der Waals surface area contributed by atoms with Crippen LogP contribution in [0.1, 0.15) is 35.7 Å². The summed E-state index contributed by atoms with van der Waals surface area (Å²) in [4.78, 5) is 14.6. The highest BCUT2D eigenvalue weighted by atomic mass is 16.2. The number of benzene rings is 1. The Balaban J connectivity index is 1.45. The third-order valence-corrected chi connectivity index (χ3v) is 5.15. The quantitative estimate of drug-likeness (QED) is 0.855. The number of aryl methyl sites for hydroxylation is 1. The molecular weight excluding hydrogens is 286 g/mol. The molecule has 4 heteroatoms. The number of carbonyl (C=O) groups excluding carboxylic acids is 1. The SMILES string of the molecule is CC1CCc2nn(CC(=O)N3CCc4ccccc4C3)cc2C1. The number of carbonyl (C=O) groups is 1. The Bertz CT molecular complexity index is 734. The molecule has 1 aromatic heterocycles. The number of hydrogen-bond donors (Lipinski definition) is 0. The Labute approximate surface area is 137 Å². The van der Waals surface area contributed by atoms with E-state index < -0.39 is 0 Å². The van der Waals surface area contributed by atoms with E-state index in [1.54, 1.807) is 0 Å². The van der Waals surface area contributed by atoms with Crippen LogP contribution in [0.5, 0.6) is 0 Å². The molecule has 0 saturated heterocycles. The molecule has 0 fully saturated rings. The number of rotatable bonds is 2. The van der Waals surface area contributed by atoms with Crippen molar-refractivity contribution < 1.29 is 4.79 Å². The second-order valence-electron chi connectivity index (χ2n) is 6.98. The molecule has 1 atom stereocenters. The van der Waals surface area contributed by atoms with Crippen molar-refractivity contribution in [2.24, 2.45) is 5.92 Å². The molecule has 2 aliphatic rings. The van der Waals surface area contributed by atoms with Gasteiger partial charge in [0.05, 0.1) is 5.69 Å². The number of aromatic nitrogens is 2. The van der Waals surface area contributed by atoms with Gasteiger partial charge in [0, 0.05) is 19.3 Å². The van der Waals surface area contributed by atoms with Gasteiger partial charge in [0.2, 0.25) is 5.91 Å². The van der Waals surface area contributed by atoms with Crippen LogP contribution in [0, 0.1) is 5.92 Å². The van der Waals surface area contributed by atoms with Crippen molar-refractivity contribution in [1.82, 2.24) is 14.7 Å². The molecule has 4 rings (SSSR count). The number of fused-ring (bicyclic) bond motifs is 2. The molecule has 1 aliphatic heterocycles. The Kier molecular flexibility index (Phi) is 3.68. The van der Waals surface area contributed by atoms with Crippen molar-refractivity contribution >= 4 is 5.91 Å². The molecular formula is C19H23N3O. The molecule has 1 aromatic carbocycles. The van der Waals surface area contributed by atoms with Gasteiger partial charge in [-0.1, -0.05) is 31.2 Å². The molecule has 2 heterocycles. The van der Waals surface area contributed by atoms with E-state index >= 15 is 0 Å². The van der Waals surface area contributed by atoms with Crippen LogP contribution in [-0.2, 0) is 37.1 Å². The predicted molar refractivity (Wildman–Crippen MR) is 89.0 cm³/mol. The summed E-state index contributed by atoms with van der Waals surface area (Å²) < 4.78 is 1.85. The average molecular weight is 309 g/mol. The van der Waals surface area contributed by atoms with E-state index in [0.717, 1.165) is 38.3 Å². The Morgan fingerprint density at radius 2 is 2.04 bits per heavy atom. The lowest BCUT2D eigenvalue weighted by Gasteiger charge is -2.28. The first-order valence-corrected chi connectivity index (χ1v) is 8.59. The van der Waals surface area contributed by atoms with Gasteiger partial charge in [-0.05, 0) is 48.3 Å². The Morgan fingerprint density at radius 3 is 2.91 bits per heavy atom. The zero-order chi connectivity index (χ0) is 15.8. The highest BCUT2D eigenvalue weighted by Gasteiger charge is 2.23. The van der Waals surface area contributed by atoms with Gasteiger partial charge < -0.3 is 4.90 Å². The second-order valence-corrected chi connectivity index (χ2v) is 6.98. The van der Waals surface area contributed by atoms with Crippen LogP contribution in [0.2, 0.25) is 0 Å². The topological polar surface area (TPSA) is 38.1 Å². The van der Waals surface area contributed by atoms with E-state index in [-0.39, 0.29) is 5.91 Å². The van der Waals surface area contributed by atoms with Crippen LogP contribution in [0.3, 0.4) is 0 Å². The van der Waals surface area contributed by atoms with Gasteiger partial charge in [0.25, 0.3) is 0 Å². The third-order valence-electron chi connectivity index (χ3n) is 5.15. The van der Waals surface area contributed by atoms with Crippen molar-refractivity contribution in [1.29, 1.82) is 0 Å². The zero-order valence-electron chi connectivity index (χ0n) is 13.7. The maximum Gasteiger partial charge on any atom is 0.244 e. The zero-order valence-corrected chi connectivity index (χ0v) is 13.7. The maximum atomic E-state index is 12.6. The monoisotopic (exact) mass is 309 g/mol. The summed E-state index contributed by atoms with van der Waals surface area (Å²) in [5.41, 5.74) is 5.18. The third kappa shape index (κ3) is 2.90. The minimum absolute atomic E-state index is 0.174. The van der Waals surface area contributed by atoms with E-state index in [0.29, 0.717) is 6.54 Å². The lowest BCUT2D eigenvalue weighted by molar-refractivity contribution is -0.133. The Morgan fingerprint density at radius 1 is 1.22 bits per heavy atom. The molecule has 2 aromatic rings.